The van der Waals surface area contributed by atoms with Crippen molar-refractivity contribution in [2.45, 2.75) is 62.0 Å². The van der Waals surface area contributed by atoms with Crippen LogP contribution in [0.25, 0.3) is 11.0 Å². The number of rotatable bonds is 7. The average molecular weight is 447 g/mol. The Morgan fingerprint density at radius 1 is 1.37 bits per heavy atom. The molecule has 30 heavy (non-hydrogen) atoms. The minimum Gasteiger partial charge on any atom is -0.352 e. The molecule has 1 aliphatic carbocycles. The van der Waals surface area contributed by atoms with E-state index in [-0.39, 0.29) is 17.8 Å². The van der Waals surface area contributed by atoms with E-state index in [1.807, 2.05) is 17.6 Å². The van der Waals surface area contributed by atoms with Crippen LogP contribution in [0.1, 0.15) is 50.6 Å². The molecule has 1 N–H and O–H groups in total. The van der Waals surface area contributed by atoms with Crippen LogP contribution in [0.15, 0.2) is 41.8 Å². The molecule has 0 spiro atoms. The lowest BCUT2D eigenvalue weighted by Crippen LogP contribution is -2.38. The zero-order valence-electron chi connectivity index (χ0n) is 16.8. The van der Waals surface area contributed by atoms with Crippen molar-refractivity contribution in [3.8, 4) is 0 Å². The number of amides is 1. The molecule has 1 aromatic carbocycles. The lowest BCUT2D eigenvalue weighted by molar-refractivity contribution is -0.125. The highest BCUT2D eigenvalue weighted by atomic mass is 35.5. The minimum absolute atomic E-state index is 0.00155. The summed E-state index contributed by atoms with van der Waals surface area (Å²) in [7, 11) is 0. The summed E-state index contributed by atoms with van der Waals surface area (Å²) >= 11 is 7.57. The van der Waals surface area contributed by atoms with Crippen LogP contribution in [0.2, 0.25) is 5.02 Å². The molecule has 0 aliphatic heterocycles. The third-order valence-electron chi connectivity index (χ3n) is 5.57. The quantitative estimate of drug-likeness (QED) is 0.485. The summed E-state index contributed by atoms with van der Waals surface area (Å²) in [6.07, 6.45) is 8.40. The summed E-state index contributed by atoms with van der Waals surface area (Å²) in [4.78, 5) is 22.1. The van der Waals surface area contributed by atoms with Crippen LogP contribution in [0.4, 0.5) is 4.39 Å². The molecule has 158 valence electrons. The number of hydrogen-bond acceptors (Lipinski definition) is 4. The van der Waals surface area contributed by atoms with Crippen molar-refractivity contribution >= 4 is 40.3 Å². The van der Waals surface area contributed by atoms with E-state index in [4.69, 9.17) is 16.6 Å². The Bertz CT molecular complexity index is 1030. The molecule has 0 radical (unpaired) electrons. The number of nitrogens with one attached hydrogen (secondary N) is 1. The second kappa shape index (κ2) is 9.35. The number of pyridine rings is 1. The van der Waals surface area contributed by atoms with Gasteiger partial charge >= 0.3 is 0 Å². The monoisotopic (exact) mass is 446 g/mol. The molecular weight excluding hydrogens is 423 g/mol. The Kier molecular flexibility index (Phi) is 6.58. The van der Waals surface area contributed by atoms with Crippen LogP contribution in [0, 0.1) is 5.82 Å². The molecule has 5 nitrogen and oxygen atoms in total. The molecule has 1 saturated carbocycles. The maximum atomic E-state index is 14.2. The molecule has 1 aliphatic rings. The molecule has 1 atom stereocenters. The van der Waals surface area contributed by atoms with Gasteiger partial charge in [-0.1, -0.05) is 49.2 Å². The fourth-order valence-electron chi connectivity index (χ4n) is 3.98. The molecule has 8 heteroatoms. The van der Waals surface area contributed by atoms with Crippen LogP contribution in [0.5, 0.6) is 0 Å². The number of carbonyl (C=O) groups excluding carboxylic acids is 1. The molecule has 2 heterocycles. The smallest absolute Gasteiger partial charge is 0.243 e. The molecule has 1 amide bonds. The first kappa shape index (κ1) is 21.1. The van der Waals surface area contributed by atoms with Crippen LogP contribution < -0.4 is 5.32 Å². The highest BCUT2D eigenvalue weighted by Gasteiger charge is 2.27. The summed E-state index contributed by atoms with van der Waals surface area (Å²) in [5.41, 5.74) is 2.00. The van der Waals surface area contributed by atoms with Crippen molar-refractivity contribution in [1.29, 1.82) is 0 Å². The van der Waals surface area contributed by atoms with Gasteiger partial charge in [0, 0.05) is 28.6 Å². The number of benzene rings is 1. The zero-order valence-corrected chi connectivity index (χ0v) is 18.3. The molecule has 0 saturated heterocycles. The van der Waals surface area contributed by atoms with Gasteiger partial charge in [0.05, 0.1) is 17.2 Å². The number of imidazole rings is 1. The van der Waals surface area contributed by atoms with Crippen molar-refractivity contribution in [2.75, 3.05) is 0 Å². The van der Waals surface area contributed by atoms with Crippen molar-refractivity contribution in [2.24, 2.45) is 0 Å². The van der Waals surface area contributed by atoms with Crippen LogP contribution in [-0.2, 0) is 10.5 Å². The average Bonchev–Trinajstić information content (AvgIpc) is 3.36. The van der Waals surface area contributed by atoms with E-state index in [0.29, 0.717) is 27.9 Å². The van der Waals surface area contributed by atoms with Crippen LogP contribution >= 0.6 is 23.4 Å². The third kappa shape index (κ3) is 4.32. The summed E-state index contributed by atoms with van der Waals surface area (Å²) in [6.45, 7) is 1.99. The van der Waals surface area contributed by atoms with Gasteiger partial charge in [0.1, 0.15) is 11.9 Å². The number of carbonyl (C=O) groups is 1. The van der Waals surface area contributed by atoms with E-state index < -0.39 is 6.04 Å². The summed E-state index contributed by atoms with van der Waals surface area (Å²) < 4.78 is 16.2. The summed E-state index contributed by atoms with van der Waals surface area (Å²) in [5.74, 6) is -0.0215. The third-order valence-corrected chi connectivity index (χ3v) is 6.90. The molecular formula is C22H24ClFN4OS. The number of thioether (sulfide) groups is 1. The van der Waals surface area contributed by atoms with Crippen LogP contribution in [-0.4, -0.2) is 26.5 Å². The molecule has 3 aromatic rings. The van der Waals surface area contributed by atoms with Crippen molar-refractivity contribution in [3.05, 3.63) is 53.1 Å². The SMILES string of the molecule is CC[C@@H](C(=O)NC1CCCC1)n1c(SCc2c(F)cccc2Cl)nc2ccncc21. The van der Waals surface area contributed by atoms with Crippen molar-refractivity contribution in [1.82, 2.24) is 19.9 Å². The van der Waals surface area contributed by atoms with E-state index >= 15 is 0 Å². The number of aromatic nitrogens is 3. The first-order valence-corrected chi connectivity index (χ1v) is 11.6. The van der Waals surface area contributed by atoms with Gasteiger partial charge in [-0.3, -0.25) is 9.78 Å². The highest BCUT2D eigenvalue weighted by molar-refractivity contribution is 7.98. The van der Waals surface area contributed by atoms with E-state index in [1.54, 1.807) is 24.5 Å². The predicted octanol–water partition coefficient (Wildman–Crippen LogP) is 5.53. The molecule has 1 fully saturated rings. The molecule has 0 unspecified atom stereocenters. The maximum absolute atomic E-state index is 14.2. The molecule has 0 bridgehead atoms. The van der Waals surface area contributed by atoms with Crippen LogP contribution in [0.3, 0.4) is 0 Å². The zero-order chi connectivity index (χ0) is 21.1. The first-order valence-electron chi connectivity index (χ1n) is 10.3. The summed E-state index contributed by atoms with van der Waals surface area (Å²) in [6, 6.07) is 6.34. The predicted molar refractivity (Wildman–Crippen MR) is 118 cm³/mol. The van der Waals surface area contributed by atoms with Gasteiger partial charge in [0.25, 0.3) is 0 Å². The lowest BCUT2D eigenvalue weighted by atomic mass is 10.1. The first-order chi connectivity index (χ1) is 14.6. The van der Waals surface area contributed by atoms with Gasteiger partial charge in [-0.2, -0.15) is 0 Å². The standard InChI is InChI=1S/C22H24ClFN4OS/c1-2-19(21(29)26-14-6-3-4-7-14)28-20-12-25-11-10-18(20)27-22(28)30-13-15-16(23)8-5-9-17(15)24/h5,8-12,14,19H,2-4,6-7,13H2,1H3,(H,26,29)/t19-/m0/s1. The van der Waals surface area contributed by atoms with Crippen molar-refractivity contribution in [3.63, 3.8) is 0 Å². The van der Waals surface area contributed by atoms with Gasteiger partial charge in [-0.15, -0.1) is 0 Å². The van der Waals surface area contributed by atoms with Gasteiger partial charge in [0.2, 0.25) is 5.91 Å². The number of nitrogens with zero attached hydrogens (tertiary/aromatic N) is 3. The van der Waals surface area contributed by atoms with E-state index in [0.717, 1.165) is 36.7 Å². The minimum atomic E-state index is -0.404. The van der Waals surface area contributed by atoms with Gasteiger partial charge in [-0.25, -0.2) is 9.37 Å². The lowest BCUT2D eigenvalue weighted by Gasteiger charge is -2.22. The Morgan fingerprint density at radius 3 is 2.90 bits per heavy atom. The number of fused-ring (bicyclic) bond motifs is 1. The fourth-order valence-corrected chi connectivity index (χ4v) is 5.39. The number of halogens is 2. The van der Waals surface area contributed by atoms with E-state index in [9.17, 15) is 9.18 Å². The molecule has 2 aromatic heterocycles. The van der Waals surface area contributed by atoms with E-state index in [1.165, 1.54) is 17.8 Å². The molecule has 4 rings (SSSR count). The number of hydrogen-bond donors (Lipinski definition) is 1. The fraction of sp³-hybridized carbons (Fsp3) is 0.409. The van der Waals surface area contributed by atoms with Crippen molar-refractivity contribution < 1.29 is 9.18 Å². The van der Waals surface area contributed by atoms with E-state index in [2.05, 4.69) is 10.3 Å². The Morgan fingerprint density at radius 2 is 2.17 bits per heavy atom. The highest BCUT2D eigenvalue weighted by Crippen LogP contribution is 2.33. The van der Waals surface area contributed by atoms with Gasteiger partial charge in [0.15, 0.2) is 5.16 Å². The second-order valence-electron chi connectivity index (χ2n) is 7.53. The Labute approximate surface area is 184 Å². The normalized spacial score (nSPS) is 15.6. The largest absolute Gasteiger partial charge is 0.352 e. The summed E-state index contributed by atoms with van der Waals surface area (Å²) in [5, 5.41) is 4.25. The Balaban J connectivity index is 1.66. The topological polar surface area (TPSA) is 59.8 Å². The van der Waals surface area contributed by atoms with Gasteiger partial charge in [-0.05, 0) is 37.5 Å². The second-order valence-corrected chi connectivity index (χ2v) is 8.88. The Hall–Kier alpha value is -2.12. The van der Waals surface area contributed by atoms with Gasteiger partial charge < -0.3 is 9.88 Å². The maximum Gasteiger partial charge on any atom is 0.243 e.